The Hall–Kier alpha value is -5.12. The summed E-state index contributed by atoms with van der Waals surface area (Å²) < 4.78 is 45.8. The van der Waals surface area contributed by atoms with E-state index in [2.05, 4.69) is 37.5 Å². The van der Waals surface area contributed by atoms with Gasteiger partial charge in [0.1, 0.15) is 5.69 Å². The van der Waals surface area contributed by atoms with Gasteiger partial charge in [-0.1, -0.05) is 18.1 Å². The zero-order valence-corrected chi connectivity index (χ0v) is 25.7. The van der Waals surface area contributed by atoms with Crippen LogP contribution in [-0.4, -0.2) is 68.1 Å². The molecule has 46 heavy (non-hydrogen) atoms. The molecule has 0 spiro atoms. The Morgan fingerprint density at radius 3 is 2.52 bits per heavy atom. The molecule has 0 saturated carbocycles. The Labute approximate surface area is 264 Å². The van der Waals surface area contributed by atoms with E-state index >= 15 is 0 Å². The smallest absolute Gasteiger partial charge is 0.350 e. The number of amides is 1. The van der Waals surface area contributed by atoms with Gasteiger partial charge in [0.15, 0.2) is 5.65 Å². The number of hydrogen-bond donors (Lipinski definition) is 2. The molecule has 0 atom stereocenters. The monoisotopic (exact) mass is 626 g/mol. The van der Waals surface area contributed by atoms with Gasteiger partial charge in [0.05, 0.1) is 29.3 Å². The van der Waals surface area contributed by atoms with Gasteiger partial charge in [-0.2, -0.15) is 18.3 Å². The summed E-state index contributed by atoms with van der Waals surface area (Å²) in [6, 6.07) is 12.8. The summed E-state index contributed by atoms with van der Waals surface area (Å²) in [4.78, 5) is 21.8. The normalized spacial score (nSPS) is 14.2. The number of halogens is 3. The maximum absolute atomic E-state index is 14.1. The minimum Gasteiger partial charge on any atom is -0.350 e. The molecule has 1 amide bonds. The first-order valence-electron chi connectivity index (χ1n) is 14.8. The van der Waals surface area contributed by atoms with E-state index < -0.39 is 17.6 Å². The summed E-state index contributed by atoms with van der Waals surface area (Å²) in [7, 11) is 3.84. The van der Waals surface area contributed by atoms with Crippen LogP contribution in [0.3, 0.4) is 0 Å². The number of likely N-dealkylation sites (N-methyl/N-ethyl adjacent to an activating group) is 1. The van der Waals surface area contributed by atoms with Crippen molar-refractivity contribution in [2.45, 2.75) is 19.6 Å². The molecule has 9 nitrogen and oxygen atoms in total. The van der Waals surface area contributed by atoms with Gasteiger partial charge in [-0.25, -0.2) is 4.98 Å². The van der Waals surface area contributed by atoms with Gasteiger partial charge in [0, 0.05) is 69.0 Å². The molecular formula is C34H33F3N8O. The van der Waals surface area contributed by atoms with Crippen molar-refractivity contribution in [3.05, 3.63) is 107 Å². The van der Waals surface area contributed by atoms with Crippen molar-refractivity contribution in [1.29, 1.82) is 0 Å². The van der Waals surface area contributed by atoms with Crippen LogP contribution in [0.1, 0.15) is 38.3 Å². The number of carbonyl (C=O) groups is 1. The van der Waals surface area contributed by atoms with E-state index in [0.29, 0.717) is 35.7 Å². The molecule has 0 radical (unpaired) electrons. The van der Waals surface area contributed by atoms with Crippen LogP contribution in [0.5, 0.6) is 0 Å². The third kappa shape index (κ3) is 6.91. The van der Waals surface area contributed by atoms with Gasteiger partial charge in [-0.05, 0) is 67.4 Å². The molecule has 2 N–H and O–H groups in total. The fourth-order valence-corrected chi connectivity index (χ4v) is 5.38. The van der Waals surface area contributed by atoms with Gasteiger partial charge in [-0.15, -0.1) is 0 Å². The summed E-state index contributed by atoms with van der Waals surface area (Å²) in [5, 5.41) is 10.2. The number of pyridine rings is 1. The first-order chi connectivity index (χ1) is 22.0. The summed E-state index contributed by atoms with van der Waals surface area (Å²) in [6.07, 6.45) is 2.56. The van der Waals surface area contributed by atoms with Gasteiger partial charge in [0.2, 0.25) is 0 Å². The van der Waals surface area contributed by atoms with Gasteiger partial charge in [-0.3, -0.25) is 18.8 Å². The third-order valence-electron chi connectivity index (χ3n) is 8.01. The third-order valence-corrected chi connectivity index (χ3v) is 8.01. The van der Waals surface area contributed by atoms with Gasteiger partial charge < -0.3 is 15.5 Å². The molecule has 2 aromatic carbocycles. The number of anilines is 3. The largest absolute Gasteiger partial charge is 0.416 e. The molecule has 0 aliphatic carbocycles. The quantitative estimate of drug-likeness (QED) is 0.241. The number of imidazole rings is 1. The summed E-state index contributed by atoms with van der Waals surface area (Å²) in [5.74, 6) is 5.69. The van der Waals surface area contributed by atoms with Crippen LogP contribution < -0.4 is 10.6 Å². The van der Waals surface area contributed by atoms with Crippen LogP contribution in [0.4, 0.5) is 30.2 Å². The molecule has 1 aliphatic heterocycles. The number of nitrogens with zero attached hydrogens (tertiary/aromatic N) is 6. The number of benzene rings is 2. The van der Waals surface area contributed by atoms with E-state index in [4.69, 9.17) is 0 Å². The number of hydrogen-bond acceptors (Lipinski definition) is 6. The summed E-state index contributed by atoms with van der Waals surface area (Å²) in [5.41, 5.74) is 4.26. The summed E-state index contributed by atoms with van der Waals surface area (Å²) in [6.45, 7) is 5.06. The minimum atomic E-state index is -4.59. The fraction of sp³-hybridized carbons (Fsp3) is 0.265. The Bertz CT molecular complexity index is 1960. The SMILES string of the molecule is Cc1ccc(NC(=O)c2ccc(CN3CCN(C)CC3)c(C(F)(F)F)c2)cc1C#Cc1cnc2c(Nc3cnn(C)c3)cccn12. The number of alkyl halides is 3. The zero-order valence-electron chi connectivity index (χ0n) is 25.7. The predicted molar refractivity (Wildman–Crippen MR) is 171 cm³/mol. The molecule has 0 bridgehead atoms. The maximum atomic E-state index is 14.1. The number of carbonyl (C=O) groups excluding carboxylic acids is 1. The molecule has 4 heterocycles. The Morgan fingerprint density at radius 2 is 1.78 bits per heavy atom. The zero-order chi connectivity index (χ0) is 32.4. The van der Waals surface area contributed by atoms with E-state index in [9.17, 15) is 18.0 Å². The number of piperazine rings is 1. The predicted octanol–water partition coefficient (Wildman–Crippen LogP) is 5.54. The maximum Gasteiger partial charge on any atom is 0.416 e. The number of aromatic nitrogens is 4. The molecular weight excluding hydrogens is 593 g/mol. The van der Waals surface area contributed by atoms with Crippen LogP contribution in [-0.2, 0) is 19.8 Å². The van der Waals surface area contributed by atoms with E-state index in [-0.39, 0.29) is 17.7 Å². The molecule has 0 unspecified atom stereocenters. The highest BCUT2D eigenvalue weighted by atomic mass is 19.4. The van der Waals surface area contributed by atoms with Crippen LogP contribution >= 0.6 is 0 Å². The molecule has 1 aliphatic rings. The van der Waals surface area contributed by atoms with Crippen LogP contribution in [0.15, 0.2) is 73.3 Å². The summed E-state index contributed by atoms with van der Waals surface area (Å²) >= 11 is 0. The topological polar surface area (TPSA) is 82.7 Å². The Morgan fingerprint density at radius 1 is 0.978 bits per heavy atom. The number of nitrogens with one attached hydrogen (secondary N) is 2. The Kier molecular flexibility index (Phi) is 8.53. The second-order valence-electron chi connectivity index (χ2n) is 11.5. The average Bonchev–Trinajstić information content (AvgIpc) is 3.64. The van der Waals surface area contributed by atoms with Gasteiger partial charge in [0.25, 0.3) is 5.91 Å². The van der Waals surface area contributed by atoms with Gasteiger partial charge >= 0.3 is 6.18 Å². The van der Waals surface area contributed by atoms with E-state index in [0.717, 1.165) is 36.1 Å². The highest BCUT2D eigenvalue weighted by Gasteiger charge is 2.34. The highest BCUT2D eigenvalue weighted by molar-refractivity contribution is 6.04. The highest BCUT2D eigenvalue weighted by Crippen LogP contribution is 2.34. The van der Waals surface area contributed by atoms with Crippen LogP contribution in [0.2, 0.25) is 0 Å². The standard InChI is InChI=1S/C34H33F3N8O/c1-23-6-10-27(41-33(46)25-7-8-26(30(18-25)34(35,36)37)21-44-15-13-42(2)14-16-44)17-24(23)9-11-29-20-38-32-31(5-4-12-45(29)32)40-28-19-39-43(3)22-28/h4-8,10,12,17-20,22,40H,13-16,21H2,1-3H3,(H,41,46). The molecule has 6 rings (SSSR count). The first kappa shape index (κ1) is 30.9. The molecule has 12 heteroatoms. The van der Waals surface area contributed by atoms with Crippen molar-refractivity contribution < 1.29 is 18.0 Å². The lowest BCUT2D eigenvalue weighted by Gasteiger charge is -2.33. The van der Waals surface area contributed by atoms with Crippen molar-refractivity contribution in [3.8, 4) is 11.8 Å². The molecule has 236 valence electrons. The van der Waals surface area contributed by atoms with Crippen molar-refractivity contribution >= 4 is 28.6 Å². The van der Waals surface area contributed by atoms with Crippen molar-refractivity contribution in [1.82, 2.24) is 29.0 Å². The van der Waals surface area contributed by atoms with E-state index in [1.165, 1.54) is 12.1 Å². The Balaban J connectivity index is 1.20. The lowest BCUT2D eigenvalue weighted by molar-refractivity contribution is -0.138. The lowest BCUT2D eigenvalue weighted by Crippen LogP contribution is -2.44. The van der Waals surface area contributed by atoms with E-state index in [1.54, 1.807) is 29.2 Å². The molecule has 5 aromatic rings. The van der Waals surface area contributed by atoms with Crippen molar-refractivity contribution in [3.63, 3.8) is 0 Å². The van der Waals surface area contributed by atoms with Crippen LogP contribution in [0, 0.1) is 18.8 Å². The van der Waals surface area contributed by atoms with E-state index in [1.807, 2.05) is 60.9 Å². The van der Waals surface area contributed by atoms with Crippen molar-refractivity contribution in [2.75, 3.05) is 43.9 Å². The number of aryl methyl sites for hydroxylation is 2. The number of fused-ring (bicyclic) bond motifs is 1. The van der Waals surface area contributed by atoms with Crippen molar-refractivity contribution in [2.24, 2.45) is 7.05 Å². The molecule has 1 saturated heterocycles. The second-order valence-corrected chi connectivity index (χ2v) is 11.5. The first-order valence-corrected chi connectivity index (χ1v) is 14.8. The lowest BCUT2D eigenvalue weighted by atomic mass is 10.0. The molecule has 3 aromatic heterocycles. The molecule has 1 fully saturated rings. The fourth-order valence-electron chi connectivity index (χ4n) is 5.38. The number of rotatable bonds is 6. The van der Waals surface area contributed by atoms with Crippen LogP contribution in [0.25, 0.3) is 5.65 Å². The average molecular weight is 627 g/mol. The second kappa shape index (κ2) is 12.7. The minimum absolute atomic E-state index is 0.0657.